The second kappa shape index (κ2) is 11.8. The zero-order valence-corrected chi connectivity index (χ0v) is 19.7. The summed E-state index contributed by atoms with van der Waals surface area (Å²) in [4.78, 5) is 35.0. The van der Waals surface area contributed by atoms with Crippen molar-refractivity contribution in [1.82, 2.24) is 10.6 Å². The van der Waals surface area contributed by atoms with Crippen LogP contribution in [0.25, 0.3) is 11.1 Å². The van der Waals surface area contributed by atoms with E-state index in [2.05, 4.69) is 34.9 Å². The number of amides is 2. The maximum atomic E-state index is 12.2. The number of benzene rings is 2. The molecule has 0 heterocycles. The van der Waals surface area contributed by atoms with Gasteiger partial charge in [0.1, 0.15) is 6.61 Å². The number of carbonyl (C=O) groups excluding carboxylic acids is 2. The van der Waals surface area contributed by atoms with Crippen LogP contribution in [0.4, 0.5) is 4.79 Å². The van der Waals surface area contributed by atoms with Crippen LogP contribution in [-0.4, -0.2) is 55.5 Å². The van der Waals surface area contributed by atoms with Crippen LogP contribution >= 0.6 is 0 Å². The number of hydrogen-bond donors (Lipinski definition) is 3. The Morgan fingerprint density at radius 2 is 1.63 bits per heavy atom. The van der Waals surface area contributed by atoms with E-state index in [0.717, 1.165) is 24.0 Å². The van der Waals surface area contributed by atoms with E-state index in [1.165, 1.54) is 11.1 Å². The number of alkyl carbamates (subject to hydrolysis) is 1. The van der Waals surface area contributed by atoms with Crippen molar-refractivity contribution in [3.05, 3.63) is 59.7 Å². The molecule has 2 atom stereocenters. The first-order valence-corrected chi connectivity index (χ1v) is 12.2. The molecule has 0 bridgehead atoms. The van der Waals surface area contributed by atoms with Gasteiger partial charge in [-0.1, -0.05) is 48.5 Å². The lowest BCUT2D eigenvalue weighted by Crippen LogP contribution is -2.34. The Balaban J connectivity index is 1.09. The molecule has 8 nitrogen and oxygen atoms in total. The highest BCUT2D eigenvalue weighted by atomic mass is 16.5. The smallest absolute Gasteiger partial charge is 0.407 e. The summed E-state index contributed by atoms with van der Waals surface area (Å²) in [7, 11) is 0. The summed E-state index contributed by atoms with van der Waals surface area (Å²) in [5, 5.41) is 14.5. The molecule has 2 aromatic carbocycles. The number of aliphatic carboxylic acids is 1. The second-order valence-corrected chi connectivity index (χ2v) is 9.16. The van der Waals surface area contributed by atoms with Crippen LogP contribution in [0.1, 0.15) is 49.1 Å². The molecule has 1 fully saturated rings. The summed E-state index contributed by atoms with van der Waals surface area (Å²) in [5.74, 6) is -0.738. The van der Waals surface area contributed by atoms with Crippen LogP contribution in [0.15, 0.2) is 48.5 Å². The van der Waals surface area contributed by atoms with Crippen molar-refractivity contribution in [2.24, 2.45) is 5.92 Å². The van der Waals surface area contributed by atoms with E-state index in [0.29, 0.717) is 6.42 Å². The molecule has 0 aliphatic heterocycles. The molecule has 2 aromatic rings. The van der Waals surface area contributed by atoms with Gasteiger partial charge in [0.25, 0.3) is 0 Å². The topological polar surface area (TPSA) is 114 Å². The number of carboxylic acids is 1. The Labute approximate surface area is 205 Å². The minimum atomic E-state index is -0.790. The zero-order valence-electron chi connectivity index (χ0n) is 19.7. The SMILES string of the molecule is O=C(O)C[C@@H]1CC[C@H](NC(=O)CCOCCNC(=O)OCC2c3ccccc3-c3ccccc32)C1. The molecule has 0 saturated heterocycles. The summed E-state index contributed by atoms with van der Waals surface area (Å²) < 4.78 is 10.9. The lowest BCUT2D eigenvalue weighted by atomic mass is 9.98. The van der Waals surface area contributed by atoms with Crippen molar-refractivity contribution < 1.29 is 29.0 Å². The molecule has 35 heavy (non-hydrogen) atoms. The van der Waals surface area contributed by atoms with Crippen LogP contribution < -0.4 is 10.6 Å². The molecule has 2 aliphatic rings. The average molecular weight is 481 g/mol. The third-order valence-electron chi connectivity index (χ3n) is 6.70. The highest BCUT2D eigenvalue weighted by Crippen LogP contribution is 2.44. The highest BCUT2D eigenvalue weighted by molar-refractivity contribution is 5.79. The predicted octanol–water partition coefficient (Wildman–Crippen LogP) is 3.69. The summed E-state index contributed by atoms with van der Waals surface area (Å²) in [6.07, 6.45) is 2.25. The van der Waals surface area contributed by atoms with Crippen molar-refractivity contribution in [1.29, 1.82) is 0 Å². The first-order chi connectivity index (χ1) is 17.0. The van der Waals surface area contributed by atoms with E-state index in [1.54, 1.807) is 0 Å². The van der Waals surface area contributed by atoms with E-state index in [-0.39, 0.29) is 63.0 Å². The Morgan fingerprint density at radius 1 is 0.943 bits per heavy atom. The fraction of sp³-hybridized carbons (Fsp3) is 0.444. The third kappa shape index (κ3) is 6.60. The van der Waals surface area contributed by atoms with Gasteiger partial charge < -0.3 is 25.2 Å². The maximum Gasteiger partial charge on any atom is 0.407 e. The highest BCUT2D eigenvalue weighted by Gasteiger charge is 2.29. The first-order valence-electron chi connectivity index (χ1n) is 12.2. The molecule has 0 radical (unpaired) electrons. The van der Waals surface area contributed by atoms with Gasteiger partial charge in [-0.15, -0.1) is 0 Å². The van der Waals surface area contributed by atoms with Gasteiger partial charge >= 0.3 is 12.1 Å². The van der Waals surface area contributed by atoms with Gasteiger partial charge in [-0.2, -0.15) is 0 Å². The van der Waals surface area contributed by atoms with Gasteiger partial charge in [0.2, 0.25) is 5.91 Å². The van der Waals surface area contributed by atoms with Crippen LogP contribution in [0.5, 0.6) is 0 Å². The lowest BCUT2D eigenvalue weighted by molar-refractivity contribution is -0.138. The van der Waals surface area contributed by atoms with Crippen molar-refractivity contribution in [2.45, 2.75) is 44.1 Å². The van der Waals surface area contributed by atoms with Crippen LogP contribution in [0.2, 0.25) is 0 Å². The zero-order chi connectivity index (χ0) is 24.6. The molecule has 0 aromatic heterocycles. The Kier molecular flexibility index (Phi) is 8.36. The lowest BCUT2D eigenvalue weighted by Gasteiger charge is -2.15. The largest absolute Gasteiger partial charge is 0.481 e. The molecular formula is C27H32N2O6. The van der Waals surface area contributed by atoms with Gasteiger partial charge in [0.15, 0.2) is 0 Å². The second-order valence-electron chi connectivity index (χ2n) is 9.16. The molecule has 3 N–H and O–H groups in total. The summed E-state index contributed by atoms with van der Waals surface area (Å²) in [6.45, 7) is 1.08. The summed E-state index contributed by atoms with van der Waals surface area (Å²) in [5.41, 5.74) is 4.70. The molecule has 8 heteroatoms. The Morgan fingerprint density at radius 3 is 2.31 bits per heavy atom. The quantitative estimate of drug-likeness (QED) is 0.423. The number of fused-ring (bicyclic) bond motifs is 3. The minimum Gasteiger partial charge on any atom is -0.481 e. The Bertz CT molecular complexity index is 1010. The molecule has 186 valence electrons. The molecule has 2 amide bonds. The van der Waals surface area contributed by atoms with Gasteiger partial charge in [-0.3, -0.25) is 9.59 Å². The van der Waals surface area contributed by atoms with Gasteiger partial charge in [0.05, 0.1) is 13.2 Å². The fourth-order valence-electron chi connectivity index (χ4n) is 5.08. The fourth-order valence-corrected chi connectivity index (χ4v) is 5.08. The summed E-state index contributed by atoms with van der Waals surface area (Å²) >= 11 is 0. The first kappa shape index (κ1) is 24.7. The van der Waals surface area contributed by atoms with E-state index in [9.17, 15) is 14.4 Å². The van der Waals surface area contributed by atoms with Gasteiger partial charge in [0, 0.05) is 31.3 Å². The van der Waals surface area contributed by atoms with Crippen LogP contribution in [0.3, 0.4) is 0 Å². The van der Waals surface area contributed by atoms with Crippen LogP contribution in [-0.2, 0) is 19.1 Å². The monoisotopic (exact) mass is 480 g/mol. The van der Waals surface area contributed by atoms with Gasteiger partial charge in [-0.05, 0) is 47.4 Å². The molecule has 2 aliphatic carbocycles. The van der Waals surface area contributed by atoms with E-state index in [4.69, 9.17) is 14.6 Å². The van der Waals surface area contributed by atoms with Gasteiger partial charge in [-0.25, -0.2) is 4.79 Å². The van der Waals surface area contributed by atoms with E-state index < -0.39 is 12.1 Å². The predicted molar refractivity (Wildman–Crippen MR) is 130 cm³/mol. The van der Waals surface area contributed by atoms with Crippen molar-refractivity contribution in [2.75, 3.05) is 26.4 Å². The number of nitrogens with one attached hydrogen (secondary N) is 2. The summed E-state index contributed by atoms with van der Waals surface area (Å²) in [6, 6.07) is 16.4. The standard InChI is InChI=1S/C27H32N2O6/c30-25(29-19-10-9-18(15-19)16-26(31)32)11-13-34-14-12-28-27(33)35-17-24-22-7-3-1-5-20(22)21-6-2-4-8-23(21)24/h1-8,18-19,24H,9-17H2,(H,28,33)(H,29,30)(H,31,32)/t18-,19+/m1/s1. The number of ether oxygens (including phenoxy) is 2. The molecule has 4 rings (SSSR count). The van der Waals surface area contributed by atoms with Crippen molar-refractivity contribution >= 4 is 18.0 Å². The third-order valence-corrected chi connectivity index (χ3v) is 6.70. The Hall–Kier alpha value is -3.39. The molecule has 1 saturated carbocycles. The molecule has 0 unspecified atom stereocenters. The number of carboxylic acid groups (broad SMARTS) is 1. The van der Waals surface area contributed by atoms with E-state index >= 15 is 0 Å². The van der Waals surface area contributed by atoms with Crippen molar-refractivity contribution in [3.63, 3.8) is 0 Å². The van der Waals surface area contributed by atoms with Crippen LogP contribution in [0, 0.1) is 5.92 Å². The van der Waals surface area contributed by atoms with E-state index in [1.807, 2.05) is 24.3 Å². The normalized spacial score (nSPS) is 18.5. The minimum absolute atomic E-state index is 0.0159. The average Bonchev–Trinajstić information content (AvgIpc) is 3.41. The number of hydrogen-bond acceptors (Lipinski definition) is 5. The number of carbonyl (C=O) groups is 3. The number of rotatable bonds is 11. The molecule has 0 spiro atoms. The van der Waals surface area contributed by atoms with Crippen molar-refractivity contribution in [3.8, 4) is 11.1 Å². The maximum absolute atomic E-state index is 12.2. The molecular weight excluding hydrogens is 448 g/mol.